The van der Waals surface area contributed by atoms with Gasteiger partial charge in [0.2, 0.25) is 10.0 Å². The number of nitrogens with one attached hydrogen (secondary N) is 1. The van der Waals surface area contributed by atoms with Gasteiger partial charge in [0.25, 0.3) is 5.91 Å². The highest BCUT2D eigenvalue weighted by molar-refractivity contribution is 7.89. The van der Waals surface area contributed by atoms with Crippen molar-refractivity contribution < 1.29 is 17.9 Å². The summed E-state index contributed by atoms with van der Waals surface area (Å²) in [6, 6.07) is 9.39. The highest BCUT2D eigenvalue weighted by Gasteiger charge is 2.23. The van der Waals surface area contributed by atoms with E-state index in [1.807, 2.05) is 0 Å². The van der Waals surface area contributed by atoms with Crippen LogP contribution in [0.25, 0.3) is 0 Å². The van der Waals surface area contributed by atoms with E-state index in [2.05, 4.69) is 4.72 Å². The second-order valence-corrected chi connectivity index (χ2v) is 9.05. The summed E-state index contributed by atoms with van der Waals surface area (Å²) in [5, 5.41) is 0.851. The molecule has 1 amide bonds. The number of hydrogen-bond acceptors (Lipinski definition) is 4. The van der Waals surface area contributed by atoms with E-state index >= 15 is 0 Å². The Hall–Kier alpha value is -1.64. The van der Waals surface area contributed by atoms with Crippen LogP contribution in [-0.2, 0) is 21.3 Å². The molecule has 2 aromatic carbocycles. The Labute approximate surface area is 174 Å². The lowest BCUT2D eigenvalue weighted by atomic mass is 10.1. The summed E-state index contributed by atoms with van der Waals surface area (Å²) in [6.45, 7) is 3.73. The van der Waals surface area contributed by atoms with Crippen molar-refractivity contribution in [1.29, 1.82) is 0 Å². The lowest BCUT2D eigenvalue weighted by Crippen LogP contribution is -2.41. The van der Waals surface area contributed by atoms with E-state index in [4.69, 9.17) is 27.9 Å². The molecule has 0 aromatic heterocycles. The molecule has 1 aliphatic heterocycles. The lowest BCUT2D eigenvalue weighted by Gasteiger charge is -2.27. The van der Waals surface area contributed by atoms with Gasteiger partial charge in [-0.25, -0.2) is 13.1 Å². The minimum atomic E-state index is -3.83. The van der Waals surface area contributed by atoms with E-state index in [-0.39, 0.29) is 17.3 Å². The maximum atomic E-state index is 12.8. The maximum absolute atomic E-state index is 12.8. The van der Waals surface area contributed by atoms with E-state index in [1.165, 1.54) is 12.1 Å². The van der Waals surface area contributed by atoms with Crippen LogP contribution in [0.2, 0.25) is 10.0 Å². The first kappa shape index (κ1) is 21.1. The standard InChI is InChI=1S/C19H20Cl2N2O4S/c1-13-2-5-16(11-17(13)19(24)23-6-8-27-9-7-23)28(25,26)22-12-14-3-4-15(20)10-18(14)21/h2-5,10-11,22H,6-9,12H2,1H3. The fraction of sp³-hybridized carbons (Fsp3) is 0.316. The van der Waals surface area contributed by atoms with E-state index in [9.17, 15) is 13.2 Å². The van der Waals surface area contributed by atoms with Crippen molar-refractivity contribution >= 4 is 39.1 Å². The highest BCUT2D eigenvalue weighted by atomic mass is 35.5. The van der Waals surface area contributed by atoms with E-state index in [0.717, 1.165) is 5.56 Å². The summed E-state index contributed by atoms with van der Waals surface area (Å²) in [5.74, 6) is -0.196. The van der Waals surface area contributed by atoms with Gasteiger partial charge >= 0.3 is 0 Å². The molecule has 0 atom stereocenters. The van der Waals surface area contributed by atoms with E-state index in [0.29, 0.717) is 47.5 Å². The number of nitrogens with zero attached hydrogens (tertiary/aromatic N) is 1. The Bertz CT molecular complexity index is 989. The summed E-state index contributed by atoms with van der Waals surface area (Å²) in [7, 11) is -3.83. The average molecular weight is 443 g/mol. The van der Waals surface area contributed by atoms with Crippen molar-refractivity contribution in [2.45, 2.75) is 18.4 Å². The van der Waals surface area contributed by atoms with Crippen LogP contribution < -0.4 is 4.72 Å². The van der Waals surface area contributed by atoms with Gasteiger partial charge in [0, 0.05) is 35.2 Å². The molecule has 28 heavy (non-hydrogen) atoms. The van der Waals surface area contributed by atoms with Crippen LogP contribution in [0.4, 0.5) is 0 Å². The number of morpholine rings is 1. The second kappa shape index (κ2) is 8.80. The largest absolute Gasteiger partial charge is 0.378 e. The predicted molar refractivity (Wildman–Crippen MR) is 108 cm³/mol. The van der Waals surface area contributed by atoms with Crippen molar-refractivity contribution in [3.63, 3.8) is 0 Å². The van der Waals surface area contributed by atoms with Crippen molar-refractivity contribution in [3.05, 3.63) is 63.1 Å². The molecule has 6 nitrogen and oxygen atoms in total. The average Bonchev–Trinajstić information content (AvgIpc) is 2.67. The molecule has 1 aliphatic rings. The zero-order chi connectivity index (χ0) is 20.3. The third kappa shape index (κ3) is 4.85. The molecule has 0 radical (unpaired) electrons. The maximum Gasteiger partial charge on any atom is 0.254 e. The molecular formula is C19H20Cl2N2O4S. The summed E-state index contributed by atoms with van der Waals surface area (Å²) in [5.41, 5.74) is 1.69. The van der Waals surface area contributed by atoms with Crippen LogP contribution in [0.15, 0.2) is 41.3 Å². The molecule has 9 heteroatoms. The number of benzene rings is 2. The SMILES string of the molecule is Cc1ccc(S(=O)(=O)NCc2ccc(Cl)cc2Cl)cc1C(=O)N1CCOCC1. The number of carbonyl (C=O) groups excluding carboxylic acids is 1. The Balaban J connectivity index is 1.80. The molecule has 150 valence electrons. The second-order valence-electron chi connectivity index (χ2n) is 6.44. The number of hydrogen-bond donors (Lipinski definition) is 1. The molecule has 0 bridgehead atoms. The summed E-state index contributed by atoms with van der Waals surface area (Å²) in [4.78, 5) is 14.5. The summed E-state index contributed by atoms with van der Waals surface area (Å²) < 4.78 is 33.2. The zero-order valence-electron chi connectivity index (χ0n) is 15.2. The normalized spacial score (nSPS) is 14.9. The molecule has 0 saturated carbocycles. The monoisotopic (exact) mass is 442 g/mol. The molecule has 0 aliphatic carbocycles. The van der Waals surface area contributed by atoms with Crippen LogP contribution in [0.1, 0.15) is 21.5 Å². The lowest BCUT2D eigenvalue weighted by molar-refractivity contribution is 0.0302. The number of aryl methyl sites for hydroxylation is 1. The number of sulfonamides is 1. The van der Waals surface area contributed by atoms with Crippen LogP contribution >= 0.6 is 23.2 Å². The van der Waals surface area contributed by atoms with Crippen LogP contribution in [0, 0.1) is 6.92 Å². The first-order valence-electron chi connectivity index (χ1n) is 8.69. The number of carbonyl (C=O) groups is 1. The van der Waals surface area contributed by atoms with Gasteiger partial charge in [-0.05, 0) is 42.3 Å². The minimum absolute atomic E-state index is 0.0129. The third-order valence-electron chi connectivity index (χ3n) is 4.52. The van der Waals surface area contributed by atoms with Crippen molar-refractivity contribution in [3.8, 4) is 0 Å². The minimum Gasteiger partial charge on any atom is -0.378 e. The molecule has 1 saturated heterocycles. The molecule has 0 spiro atoms. The van der Waals surface area contributed by atoms with Gasteiger partial charge in [-0.1, -0.05) is 35.3 Å². The number of amides is 1. The van der Waals surface area contributed by atoms with Crippen LogP contribution in [0.5, 0.6) is 0 Å². The number of halogens is 2. The van der Waals surface area contributed by atoms with Crippen LogP contribution in [0.3, 0.4) is 0 Å². The van der Waals surface area contributed by atoms with Crippen molar-refractivity contribution in [2.24, 2.45) is 0 Å². The predicted octanol–water partition coefficient (Wildman–Crippen LogP) is 3.25. The molecular weight excluding hydrogens is 423 g/mol. The summed E-state index contributed by atoms with van der Waals surface area (Å²) in [6.07, 6.45) is 0. The van der Waals surface area contributed by atoms with Crippen LogP contribution in [-0.4, -0.2) is 45.5 Å². The molecule has 3 rings (SSSR count). The van der Waals surface area contributed by atoms with E-state index in [1.54, 1.807) is 36.1 Å². The molecule has 1 fully saturated rings. The third-order valence-corrected chi connectivity index (χ3v) is 6.50. The smallest absolute Gasteiger partial charge is 0.254 e. The van der Waals surface area contributed by atoms with Gasteiger partial charge in [0.05, 0.1) is 18.1 Å². The Morgan fingerprint density at radius 3 is 2.54 bits per heavy atom. The number of ether oxygens (including phenoxy) is 1. The van der Waals surface area contributed by atoms with Gasteiger partial charge in [0.1, 0.15) is 0 Å². The Morgan fingerprint density at radius 2 is 1.86 bits per heavy atom. The van der Waals surface area contributed by atoms with Gasteiger partial charge in [-0.15, -0.1) is 0 Å². The van der Waals surface area contributed by atoms with Gasteiger partial charge < -0.3 is 9.64 Å². The molecule has 1 N–H and O–H groups in total. The van der Waals surface area contributed by atoms with Gasteiger partial charge in [0.15, 0.2) is 0 Å². The zero-order valence-corrected chi connectivity index (χ0v) is 17.6. The molecule has 2 aromatic rings. The Kier molecular flexibility index (Phi) is 6.62. The molecule has 0 unspecified atom stereocenters. The topological polar surface area (TPSA) is 75.7 Å². The first-order chi connectivity index (χ1) is 13.3. The molecule has 1 heterocycles. The van der Waals surface area contributed by atoms with Crippen molar-refractivity contribution in [1.82, 2.24) is 9.62 Å². The quantitative estimate of drug-likeness (QED) is 0.770. The Morgan fingerprint density at radius 1 is 1.14 bits per heavy atom. The highest BCUT2D eigenvalue weighted by Crippen LogP contribution is 2.22. The summed E-state index contributed by atoms with van der Waals surface area (Å²) >= 11 is 12.0. The van der Waals surface area contributed by atoms with E-state index < -0.39 is 10.0 Å². The van der Waals surface area contributed by atoms with Gasteiger partial charge in [-0.3, -0.25) is 4.79 Å². The fourth-order valence-corrected chi connectivity index (χ4v) is 4.36. The first-order valence-corrected chi connectivity index (χ1v) is 10.9. The fourth-order valence-electron chi connectivity index (χ4n) is 2.86. The van der Waals surface area contributed by atoms with Crippen molar-refractivity contribution in [2.75, 3.05) is 26.3 Å². The number of rotatable bonds is 5. The van der Waals surface area contributed by atoms with Gasteiger partial charge in [-0.2, -0.15) is 0 Å².